The number of anilines is 1. The summed E-state index contributed by atoms with van der Waals surface area (Å²) < 4.78 is 5.39. The number of hydrogen-bond acceptors (Lipinski definition) is 8. The van der Waals surface area contributed by atoms with Gasteiger partial charge in [-0.1, -0.05) is 12.1 Å². The van der Waals surface area contributed by atoms with Gasteiger partial charge in [-0.3, -0.25) is 4.90 Å². The van der Waals surface area contributed by atoms with E-state index in [4.69, 9.17) is 4.52 Å². The predicted octanol–water partition coefficient (Wildman–Crippen LogP) is 2.52. The highest BCUT2D eigenvalue weighted by Gasteiger charge is 2.26. The van der Waals surface area contributed by atoms with Gasteiger partial charge in [-0.05, 0) is 18.4 Å². The molecule has 1 aliphatic heterocycles. The van der Waals surface area contributed by atoms with Crippen LogP contribution in [0.4, 0.5) is 5.82 Å². The number of nitrogens with zero attached hydrogens (tertiary/aromatic N) is 6. The van der Waals surface area contributed by atoms with Crippen molar-refractivity contribution in [2.75, 3.05) is 31.1 Å². The third-order valence-electron chi connectivity index (χ3n) is 4.56. The average Bonchev–Trinajstić information content (AvgIpc) is 3.30. The Kier molecular flexibility index (Phi) is 4.15. The van der Waals surface area contributed by atoms with E-state index < -0.39 is 0 Å². The summed E-state index contributed by atoms with van der Waals surface area (Å²) in [5.41, 5.74) is 0. The van der Waals surface area contributed by atoms with Crippen LogP contribution in [0.5, 0.6) is 0 Å². The fourth-order valence-electron chi connectivity index (χ4n) is 3.09. The lowest BCUT2D eigenvalue weighted by Gasteiger charge is -2.37. The first-order valence-electron chi connectivity index (χ1n) is 8.26. The van der Waals surface area contributed by atoms with Gasteiger partial charge in [-0.15, -0.1) is 11.3 Å². The van der Waals surface area contributed by atoms with Crippen molar-refractivity contribution < 1.29 is 4.52 Å². The number of aryl methyl sites for hydroxylation is 1. The van der Waals surface area contributed by atoms with E-state index in [2.05, 4.69) is 48.3 Å². The Bertz CT molecular complexity index is 823. The van der Waals surface area contributed by atoms with Gasteiger partial charge >= 0.3 is 0 Å². The van der Waals surface area contributed by atoms with Crippen LogP contribution in [-0.4, -0.2) is 51.2 Å². The van der Waals surface area contributed by atoms with Crippen molar-refractivity contribution in [1.29, 1.82) is 0 Å². The monoisotopic (exact) mass is 344 g/mol. The van der Waals surface area contributed by atoms with Gasteiger partial charge in [-0.25, -0.2) is 9.97 Å². The van der Waals surface area contributed by atoms with Crippen LogP contribution >= 0.6 is 11.3 Å². The molecule has 4 rings (SSSR count). The standard InChI is InChI=1S/C16H20N6OS/c1-3-13-19-15(23-20-13)11(2)21-5-7-22(8-6-21)14-12-4-9-24-16(12)18-10-17-14/h4,9-11H,3,5-8H2,1-2H3/t11-/m0/s1. The van der Waals surface area contributed by atoms with Crippen LogP contribution in [-0.2, 0) is 6.42 Å². The van der Waals surface area contributed by atoms with Gasteiger partial charge in [0.05, 0.1) is 11.4 Å². The lowest BCUT2D eigenvalue weighted by atomic mass is 10.2. The molecule has 0 unspecified atom stereocenters. The molecule has 1 aliphatic rings. The van der Waals surface area contributed by atoms with E-state index in [9.17, 15) is 0 Å². The van der Waals surface area contributed by atoms with E-state index in [1.807, 2.05) is 6.92 Å². The van der Waals surface area contributed by atoms with Gasteiger partial charge in [0.2, 0.25) is 5.89 Å². The van der Waals surface area contributed by atoms with Gasteiger partial charge in [-0.2, -0.15) is 4.98 Å². The van der Waals surface area contributed by atoms with Crippen LogP contribution in [0, 0.1) is 0 Å². The third kappa shape index (κ3) is 2.76. The second-order valence-corrected chi connectivity index (χ2v) is 6.83. The fraction of sp³-hybridized carbons (Fsp3) is 0.500. The van der Waals surface area contributed by atoms with Crippen LogP contribution in [0.1, 0.15) is 31.6 Å². The fourth-order valence-corrected chi connectivity index (χ4v) is 3.81. The Morgan fingerprint density at radius 1 is 1.25 bits per heavy atom. The Morgan fingerprint density at radius 2 is 2.08 bits per heavy atom. The largest absolute Gasteiger partial charge is 0.353 e. The van der Waals surface area contributed by atoms with Gasteiger partial charge in [0.15, 0.2) is 5.82 Å². The molecule has 24 heavy (non-hydrogen) atoms. The molecule has 7 nitrogen and oxygen atoms in total. The predicted molar refractivity (Wildman–Crippen MR) is 93.3 cm³/mol. The molecule has 3 aromatic rings. The van der Waals surface area contributed by atoms with E-state index in [0.29, 0.717) is 5.89 Å². The average molecular weight is 344 g/mol. The number of piperazine rings is 1. The number of fused-ring (bicyclic) bond motifs is 1. The molecule has 1 fully saturated rings. The van der Waals surface area contributed by atoms with E-state index in [-0.39, 0.29) is 6.04 Å². The maximum Gasteiger partial charge on any atom is 0.243 e. The molecule has 126 valence electrons. The lowest BCUT2D eigenvalue weighted by Crippen LogP contribution is -2.47. The van der Waals surface area contributed by atoms with Crippen molar-refractivity contribution in [1.82, 2.24) is 25.0 Å². The quantitative estimate of drug-likeness (QED) is 0.720. The smallest absolute Gasteiger partial charge is 0.243 e. The molecule has 0 N–H and O–H groups in total. The van der Waals surface area contributed by atoms with Gasteiger partial charge < -0.3 is 9.42 Å². The van der Waals surface area contributed by atoms with Gasteiger partial charge in [0, 0.05) is 32.6 Å². The summed E-state index contributed by atoms with van der Waals surface area (Å²) >= 11 is 1.66. The molecule has 0 aliphatic carbocycles. The normalized spacial score (nSPS) is 17.5. The molecule has 0 aromatic carbocycles. The zero-order chi connectivity index (χ0) is 16.5. The topological polar surface area (TPSA) is 71.2 Å². The van der Waals surface area contributed by atoms with Crippen LogP contribution in [0.15, 0.2) is 22.3 Å². The minimum Gasteiger partial charge on any atom is -0.353 e. The number of aromatic nitrogens is 4. The van der Waals surface area contributed by atoms with Crippen molar-refractivity contribution in [2.45, 2.75) is 26.3 Å². The molecule has 0 amide bonds. The summed E-state index contributed by atoms with van der Waals surface area (Å²) in [5, 5.41) is 7.22. The lowest BCUT2D eigenvalue weighted by molar-refractivity contribution is 0.164. The first-order chi connectivity index (χ1) is 11.8. The number of hydrogen-bond donors (Lipinski definition) is 0. The van der Waals surface area contributed by atoms with E-state index in [0.717, 1.165) is 54.5 Å². The van der Waals surface area contributed by atoms with Crippen LogP contribution in [0.2, 0.25) is 0 Å². The maximum absolute atomic E-state index is 5.39. The molecule has 1 atom stereocenters. The summed E-state index contributed by atoms with van der Waals surface area (Å²) in [4.78, 5) is 19.1. The Hall–Kier alpha value is -2.06. The van der Waals surface area contributed by atoms with E-state index >= 15 is 0 Å². The highest BCUT2D eigenvalue weighted by Crippen LogP contribution is 2.28. The number of rotatable bonds is 4. The zero-order valence-corrected chi connectivity index (χ0v) is 14.7. The molecule has 1 saturated heterocycles. The summed E-state index contributed by atoms with van der Waals surface area (Å²) in [7, 11) is 0. The molecular formula is C16H20N6OS. The highest BCUT2D eigenvalue weighted by atomic mass is 32.1. The first-order valence-corrected chi connectivity index (χ1v) is 9.14. The van der Waals surface area contributed by atoms with Crippen molar-refractivity contribution >= 4 is 27.4 Å². The molecule has 0 saturated carbocycles. The van der Waals surface area contributed by atoms with Crippen LogP contribution in [0.25, 0.3) is 10.2 Å². The van der Waals surface area contributed by atoms with E-state index in [1.54, 1.807) is 17.7 Å². The van der Waals surface area contributed by atoms with Crippen LogP contribution in [0.3, 0.4) is 0 Å². The van der Waals surface area contributed by atoms with Crippen molar-refractivity contribution in [3.8, 4) is 0 Å². The third-order valence-corrected chi connectivity index (χ3v) is 5.38. The van der Waals surface area contributed by atoms with Crippen molar-refractivity contribution in [3.63, 3.8) is 0 Å². The zero-order valence-electron chi connectivity index (χ0n) is 13.8. The molecular weight excluding hydrogens is 324 g/mol. The van der Waals surface area contributed by atoms with Gasteiger partial charge in [0.1, 0.15) is 17.0 Å². The minimum atomic E-state index is 0.145. The van der Waals surface area contributed by atoms with Crippen LogP contribution < -0.4 is 4.90 Å². The minimum absolute atomic E-state index is 0.145. The molecule has 8 heteroatoms. The Balaban J connectivity index is 1.45. The summed E-state index contributed by atoms with van der Waals surface area (Å²) in [6.07, 6.45) is 2.46. The molecule has 4 heterocycles. The summed E-state index contributed by atoms with van der Waals surface area (Å²) in [6, 6.07) is 2.25. The Labute approximate surface area is 144 Å². The second kappa shape index (κ2) is 6.45. The second-order valence-electron chi connectivity index (χ2n) is 5.94. The van der Waals surface area contributed by atoms with Crippen molar-refractivity contribution in [3.05, 3.63) is 29.5 Å². The number of thiophene rings is 1. The highest BCUT2D eigenvalue weighted by molar-refractivity contribution is 7.16. The summed E-state index contributed by atoms with van der Waals surface area (Å²) in [6.45, 7) is 7.92. The van der Waals surface area contributed by atoms with Crippen molar-refractivity contribution in [2.24, 2.45) is 0 Å². The summed E-state index contributed by atoms with van der Waals surface area (Å²) in [5.74, 6) is 2.53. The van der Waals surface area contributed by atoms with Gasteiger partial charge in [0.25, 0.3) is 0 Å². The molecule has 3 aromatic heterocycles. The first kappa shape index (κ1) is 15.5. The SMILES string of the molecule is CCc1noc([C@H](C)N2CCN(c3ncnc4sccc34)CC2)n1. The van der Waals surface area contributed by atoms with E-state index in [1.165, 1.54) is 0 Å². The maximum atomic E-state index is 5.39. The molecule has 0 radical (unpaired) electrons. The molecule has 0 bridgehead atoms. The Morgan fingerprint density at radius 3 is 2.83 bits per heavy atom. The molecule has 0 spiro atoms.